The minimum absolute atomic E-state index is 0.474. The second-order valence-corrected chi connectivity index (χ2v) is 2.96. The third-order valence-corrected chi connectivity index (χ3v) is 2.18. The maximum absolute atomic E-state index is 5.74. The number of pyridine rings is 1. The largest absolute Gasteiger partial charge is 0.304 e. The summed E-state index contributed by atoms with van der Waals surface area (Å²) in [7, 11) is 0. The quantitative estimate of drug-likeness (QED) is 0.616. The first-order valence-corrected chi connectivity index (χ1v) is 4.35. The normalized spacial score (nSPS) is 10.8. The van der Waals surface area contributed by atoms with Gasteiger partial charge in [0.25, 0.3) is 0 Å². The second-order valence-electron chi connectivity index (χ2n) is 2.70. The fourth-order valence-corrected chi connectivity index (χ4v) is 1.56. The van der Waals surface area contributed by atoms with Crippen LogP contribution in [0.4, 0.5) is 0 Å². The van der Waals surface area contributed by atoms with Gasteiger partial charge in [-0.2, -0.15) is 0 Å². The molecule has 0 saturated carbocycles. The van der Waals surface area contributed by atoms with Crippen LogP contribution < -0.4 is 0 Å². The molecule has 0 aliphatic rings. The SMILES string of the molecule is Cc1nc(CCl)c2ccccn12. The third-order valence-electron chi connectivity index (χ3n) is 1.93. The number of hydrogen-bond acceptors (Lipinski definition) is 1. The molecule has 2 rings (SSSR count). The molecule has 0 unspecified atom stereocenters. The zero-order valence-corrected chi connectivity index (χ0v) is 7.54. The van der Waals surface area contributed by atoms with Gasteiger partial charge in [-0.1, -0.05) is 6.07 Å². The molecule has 0 amide bonds. The van der Waals surface area contributed by atoms with Crippen molar-refractivity contribution in [2.45, 2.75) is 12.8 Å². The third kappa shape index (κ3) is 0.994. The Balaban J connectivity index is 2.82. The molecule has 2 aromatic heterocycles. The number of aromatic nitrogens is 2. The van der Waals surface area contributed by atoms with Crippen LogP contribution in [0, 0.1) is 6.92 Å². The lowest BCUT2D eigenvalue weighted by atomic mass is 10.3. The van der Waals surface area contributed by atoms with Gasteiger partial charge in [-0.3, -0.25) is 0 Å². The molecule has 3 heteroatoms. The van der Waals surface area contributed by atoms with Crippen molar-refractivity contribution < 1.29 is 0 Å². The maximum Gasteiger partial charge on any atom is 0.110 e. The Kier molecular flexibility index (Phi) is 1.77. The van der Waals surface area contributed by atoms with Crippen LogP contribution >= 0.6 is 11.6 Å². The van der Waals surface area contributed by atoms with E-state index >= 15 is 0 Å². The van der Waals surface area contributed by atoms with Gasteiger partial charge in [-0.15, -0.1) is 11.6 Å². The number of halogens is 1. The Hall–Kier alpha value is -1.02. The van der Waals surface area contributed by atoms with Gasteiger partial charge in [0, 0.05) is 6.20 Å². The van der Waals surface area contributed by atoms with Crippen LogP contribution in [0.3, 0.4) is 0 Å². The summed E-state index contributed by atoms with van der Waals surface area (Å²) in [6.45, 7) is 1.98. The van der Waals surface area contributed by atoms with Crippen LogP contribution in [0.1, 0.15) is 11.5 Å². The number of fused-ring (bicyclic) bond motifs is 1. The van der Waals surface area contributed by atoms with Gasteiger partial charge in [-0.25, -0.2) is 4.98 Å². The summed E-state index contributed by atoms with van der Waals surface area (Å²) in [4.78, 5) is 4.34. The molecule has 0 aliphatic heterocycles. The first-order chi connectivity index (χ1) is 5.83. The van der Waals surface area contributed by atoms with Crippen LogP contribution in [0.25, 0.3) is 5.52 Å². The van der Waals surface area contributed by atoms with E-state index in [1.54, 1.807) is 0 Å². The number of aryl methyl sites for hydroxylation is 1. The highest BCUT2D eigenvalue weighted by Crippen LogP contribution is 2.13. The van der Waals surface area contributed by atoms with Crippen LogP contribution in [-0.4, -0.2) is 9.38 Å². The highest BCUT2D eigenvalue weighted by molar-refractivity contribution is 6.17. The Morgan fingerprint density at radius 1 is 1.50 bits per heavy atom. The molecule has 0 bridgehead atoms. The Morgan fingerprint density at radius 2 is 2.33 bits per heavy atom. The molecule has 2 heterocycles. The summed E-state index contributed by atoms with van der Waals surface area (Å²) in [5.74, 6) is 1.46. The van der Waals surface area contributed by atoms with E-state index in [0.717, 1.165) is 17.0 Å². The van der Waals surface area contributed by atoms with Crippen LogP contribution in [0.15, 0.2) is 24.4 Å². The van der Waals surface area contributed by atoms with E-state index in [1.807, 2.05) is 35.7 Å². The highest BCUT2D eigenvalue weighted by atomic mass is 35.5. The van der Waals surface area contributed by atoms with Gasteiger partial charge in [-0.05, 0) is 19.1 Å². The standard InChI is InChI=1S/C9H9ClN2/c1-7-11-8(6-10)9-4-2-3-5-12(7)9/h2-5H,6H2,1H3. The molecule has 12 heavy (non-hydrogen) atoms. The van der Waals surface area contributed by atoms with Crippen molar-refractivity contribution in [1.29, 1.82) is 0 Å². The van der Waals surface area contributed by atoms with Crippen molar-refractivity contribution in [3.8, 4) is 0 Å². The molecule has 0 fully saturated rings. The van der Waals surface area contributed by atoms with Crippen molar-refractivity contribution >= 4 is 17.1 Å². The molecule has 2 nitrogen and oxygen atoms in total. The average Bonchev–Trinajstić information content (AvgIpc) is 2.44. The van der Waals surface area contributed by atoms with Crippen molar-refractivity contribution in [2.24, 2.45) is 0 Å². The monoisotopic (exact) mass is 180 g/mol. The van der Waals surface area contributed by atoms with Gasteiger partial charge >= 0.3 is 0 Å². The van der Waals surface area contributed by atoms with E-state index in [-0.39, 0.29) is 0 Å². The first-order valence-electron chi connectivity index (χ1n) is 3.81. The van der Waals surface area contributed by atoms with Gasteiger partial charge in [0.05, 0.1) is 17.1 Å². The lowest BCUT2D eigenvalue weighted by molar-refractivity contribution is 1.04. The fourth-order valence-electron chi connectivity index (χ4n) is 1.37. The molecule has 0 saturated heterocycles. The topological polar surface area (TPSA) is 17.3 Å². The van der Waals surface area contributed by atoms with Crippen molar-refractivity contribution in [1.82, 2.24) is 9.38 Å². The molecule has 0 N–H and O–H groups in total. The summed E-state index contributed by atoms with van der Waals surface area (Å²) in [6, 6.07) is 6.00. The van der Waals surface area contributed by atoms with E-state index in [1.165, 1.54) is 0 Å². The smallest absolute Gasteiger partial charge is 0.110 e. The number of rotatable bonds is 1. The highest BCUT2D eigenvalue weighted by Gasteiger charge is 2.04. The number of alkyl halides is 1. The number of imidazole rings is 1. The number of nitrogens with zero attached hydrogens (tertiary/aromatic N) is 2. The number of hydrogen-bond donors (Lipinski definition) is 0. The lowest BCUT2D eigenvalue weighted by Crippen LogP contribution is -1.84. The van der Waals surface area contributed by atoms with E-state index in [4.69, 9.17) is 11.6 Å². The van der Waals surface area contributed by atoms with Crippen LogP contribution in [0.5, 0.6) is 0 Å². The Labute approximate surface area is 75.8 Å². The van der Waals surface area contributed by atoms with Crippen LogP contribution in [0.2, 0.25) is 0 Å². The molecule has 2 aromatic rings. The zero-order valence-electron chi connectivity index (χ0n) is 6.79. The minimum Gasteiger partial charge on any atom is -0.304 e. The molecule has 0 radical (unpaired) electrons. The van der Waals surface area contributed by atoms with E-state index in [0.29, 0.717) is 5.88 Å². The summed E-state index contributed by atoms with van der Waals surface area (Å²) in [5.41, 5.74) is 2.06. The molecule has 0 spiro atoms. The van der Waals surface area contributed by atoms with Gasteiger partial charge in [0.1, 0.15) is 5.82 Å². The summed E-state index contributed by atoms with van der Waals surface area (Å²) >= 11 is 5.74. The molecule has 0 atom stereocenters. The fraction of sp³-hybridized carbons (Fsp3) is 0.222. The zero-order chi connectivity index (χ0) is 8.55. The summed E-state index contributed by atoms with van der Waals surface area (Å²) in [5, 5.41) is 0. The van der Waals surface area contributed by atoms with E-state index in [9.17, 15) is 0 Å². The molecule has 62 valence electrons. The maximum atomic E-state index is 5.74. The summed E-state index contributed by atoms with van der Waals surface area (Å²) in [6.07, 6.45) is 1.99. The van der Waals surface area contributed by atoms with Gasteiger partial charge in [0.15, 0.2) is 0 Å². The average molecular weight is 181 g/mol. The molecule has 0 aromatic carbocycles. The van der Waals surface area contributed by atoms with Crippen LogP contribution in [-0.2, 0) is 5.88 Å². The van der Waals surface area contributed by atoms with Crippen molar-refractivity contribution in [2.75, 3.05) is 0 Å². The van der Waals surface area contributed by atoms with Gasteiger partial charge < -0.3 is 4.40 Å². The Morgan fingerprint density at radius 3 is 3.08 bits per heavy atom. The molecule has 0 aliphatic carbocycles. The minimum atomic E-state index is 0.474. The van der Waals surface area contributed by atoms with Gasteiger partial charge in [0.2, 0.25) is 0 Å². The van der Waals surface area contributed by atoms with E-state index < -0.39 is 0 Å². The Bertz CT molecular complexity index is 406. The predicted octanol–water partition coefficient (Wildman–Crippen LogP) is 2.38. The first kappa shape index (κ1) is 7.62. The lowest BCUT2D eigenvalue weighted by Gasteiger charge is -1.93. The van der Waals surface area contributed by atoms with Crippen molar-refractivity contribution in [3.63, 3.8) is 0 Å². The summed E-state index contributed by atoms with van der Waals surface area (Å²) < 4.78 is 2.04. The van der Waals surface area contributed by atoms with Crippen molar-refractivity contribution in [3.05, 3.63) is 35.9 Å². The second kappa shape index (κ2) is 2.79. The van der Waals surface area contributed by atoms with E-state index in [2.05, 4.69) is 4.98 Å². The molecular weight excluding hydrogens is 172 g/mol. The predicted molar refractivity (Wildman–Crippen MR) is 49.5 cm³/mol. The molecular formula is C9H9ClN2.